The number of ketones is 1. The lowest BCUT2D eigenvalue weighted by atomic mass is 10.1. The van der Waals surface area contributed by atoms with Crippen molar-refractivity contribution in [1.29, 1.82) is 0 Å². The van der Waals surface area contributed by atoms with E-state index in [2.05, 4.69) is 37.2 Å². The molecule has 142 valence electrons. The van der Waals surface area contributed by atoms with Crippen LogP contribution in [0.5, 0.6) is 11.5 Å². The molecule has 2 aromatic rings. The molecule has 3 rings (SSSR count). The summed E-state index contributed by atoms with van der Waals surface area (Å²) < 4.78 is 12.9. The molecule has 0 spiro atoms. The molecular weight excluding hydrogens is 478 g/mol. The third-order valence-corrected chi connectivity index (χ3v) is 5.47. The largest absolute Gasteiger partial charge is 0.486 e. The Labute approximate surface area is 174 Å². The molecule has 0 saturated carbocycles. The van der Waals surface area contributed by atoms with Crippen LogP contribution in [-0.2, 0) is 4.79 Å². The molecule has 0 fully saturated rings. The summed E-state index contributed by atoms with van der Waals surface area (Å²) in [5.74, 6) is 1.14. The molecule has 0 aromatic heterocycles. The summed E-state index contributed by atoms with van der Waals surface area (Å²) in [6, 6.07) is 10.6. The number of carbonyl (C=O) groups excluding carboxylic acids is 2. The van der Waals surface area contributed by atoms with Gasteiger partial charge in [-0.15, -0.1) is 0 Å². The highest BCUT2D eigenvalue weighted by Crippen LogP contribution is 2.37. The van der Waals surface area contributed by atoms with E-state index in [0.717, 1.165) is 14.5 Å². The van der Waals surface area contributed by atoms with Crippen LogP contribution >= 0.6 is 31.9 Å². The van der Waals surface area contributed by atoms with Gasteiger partial charge in [0.05, 0.1) is 6.04 Å². The molecule has 1 atom stereocenters. The molecule has 1 amide bonds. The standard InChI is InChI=1S/C20H19Br2NO4/c1-12(15-10-18-19(11-16(15)22)27-9-8-26-18)23-20(25)7-6-17(24)13-2-4-14(21)5-3-13/h2-5,10-12H,6-9H2,1H3,(H,23,25). The van der Waals surface area contributed by atoms with Crippen molar-refractivity contribution in [3.8, 4) is 11.5 Å². The number of amides is 1. The Hall–Kier alpha value is -1.86. The van der Waals surface area contributed by atoms with Gasteiger partial charge in [0.1, 0.15) is 13.2 Å². The quantitative estimate of drug-likeness (QED) is 0.582. The van der Waals surface area contributed by atoms with E-state index < -0.39 is 0 Å². The van der Waals surface area contributed by atoms with Gasteiger partial charge >= 0.3 is 0 Å². The third kappa shape index (κ3) is 5.11. The van der Waals surface area contributed by atoms with E-state index >= 15 is 0 Å². The summed E-state index contributed by atoms with van der Waals surface area (Å²) in [5, 5.41) is 2.93. The Morgan fingerprint density at radius 1 is 1.04 bits per heavy atom. The number of fused-ring (bicyclic) bond motifs is 1. The zero-order valence-corrected chi connectivity index (χ0v) is 17.9. The van der Waals surface area contributed by atoms with E-state index in [4.69, 9.17) is 9.47 Å². The van der Waals surface area contributed by atoms with Gasteiger partial charge in [-0.1, -0.05) is 44.0 Å². The molecule has 0 radical (unpaired) electrons. The van der Waals surface area contributed by atoms with E-state index in [1.165, 1.54) is 0 Å². The maximum absolute atomic E-state index is 12.3. The van der Waals surface area contributed by atoms with Crippen LogP contribution in [0.2, 0.25) is 0 Å². The average Bonchev–Trinajstić information content (AvgIpc) is 2.66. The minimum atomic E-state index is -0.231. The fourth-order valence-electron chi connectivity index (χ4n) is 2.81. The zero-order chi connectivity index (χ0) is 19.4. The Kier molecular flexibility index (Phi) is 6.55. The predicted octanol–water partition coefficient (Wildman–Crippen LogP) is 4.82. The van der Waals surface area contributed by atoms with Crippen molar-refractivity contribution in [2.24, 2.45) is 0 Å². The molecule has 1 aliphatic heterocycles. The van der Waals surface area contributed by atoms with E-state index in [0.29, 0.717) is 30.3 Å². The second-order valence-electron chi connectivity index (χ2n) is 6.24. The number of rotatable bonds is 6. The monoisotopic (exact) mass is 495 g/mol. The number of carbonyl (C=O) groups is 2. The fraction of sp³-hybridized carbons (Fsp3) is 0.300. The summed E-state index contributed by atoms with van der Waals surface area (Å²) in [5.41, 5.74) is 1.50. The van der Waals surface area contributed by atoms with Crippen LogP contribution in [-0.4, -0.2) is 24.9 Å². The van der Waals surface area contributed by atoms with Gasteiger partial charge < -0.3 is 14.8 Å². The van der Waals surface area contributed by atoms with Gasteiger partial charge in [-0.2, -0.15) is 0 Å². The molecule has 2 aromatic carbocycles. The van der Waals surface area contributed by atoms with Gasteiger partial charge in [-0.05, 0) is 36.8 Å². The van der Waals surface area contributed by atoms with Crippen molar-refractivity contribution in [3.63, 3.8) is 0 Å². The summed E-state index contributed by atoms with van der Waals surface area (Å²) in [6.07, 6.45) is 0.309. The number of halogens is 2. The highest BCUT2D eigenvalue weighted by atomic mass is 79.9. The Balaban J connectivity index is 1.57. The maximum atomic E-state index is 12.3. The van der Waals surface area contributed by atoms with Gasteiger partial charge in [0.15, 0.2) is 17.3 Å². The maximum Gasteiger partial charge on any atom is 0.220 e. The van der Waals surface area contributed by atoms with Crippen LogP contribution < -0.4 is 14.8 Å². The Morgan fingerprint density at radius 3 is 2.33 bits per heavy atom. The minimum absolute atomic E-state index is 0.0502. The fourth-order valence-corrected chi connectivity index (χ4v) is 3.74. The molecular formula is C20H19Br2NO4. The van der Waals surface area contributed by atoms with Crippen molar-refractivity contribution in [2.45, 2.75) is 25.8 Å². The molecule has 0 bridgehead atoms. The number of benzene rings is 2. The van der Waals surface area contributed by atoms with E-state index in [1.807, 2.05) is 31.2 Å². The van der Waals surface area contributed by atoms with Crippen LogP contribution in [0.3, 0.4) is 0 Å². The molecule has 0 aliphatic carbocycles. The molecule has 0 saturated heterocycles. The summed E-state index contributed by atoms with van der Waals surface area (Å²) >= 11 is 6.86. The molecule has 5 nitrogen and oxygen atoms in total. The molecule has 1 N–H and O–H groups in total. The number of nitrogens with one attached hydrogen (secondary N) is 1. The normalized spacial score (nSPS) is 13.7. The smallest absolute Gasteiger partial charge is 0.220 e. The second-order valence-corrected chi connectivity index (χ2v) is 8.01. The number of hydrogen-bond acceptors (Lipinski definition) is 4. The highest BCUT2D eigenvalue weighted by Gasteiger charge is 2.19. The number of hydrogen-bond donors (Lipinski definition) is 1. The molecule has 1 unspecified atom stereocenters. The molecule has 27 heavy (non-hydrogen) atoms. The lowest BCUT2D eigenvalue weighted by molar-refractivity contribution is -0.121. The van der Waals surface area contributed by atoms with Gasteiger partial charge in [0, 0.05) is 27.4 Å². The van der Waals surface area contributed by atoms with Crippen LogP contribution in [0, 0.1) is 0 Å². The first-order valence-corrected chi connectivity index (χ1v) is 10.2. The lowest BCUT2D eigenvalue weighted by Crippen LogP contribution is -2.27. The zero-order valence-electron chi connectivity index (χ0n) is 14.8. The first-order valence-electron chi connectivity index (χ1n) is 8.61. The number of Topliss-reactive ketones (excluding diaryl/α,β-unsaturated/α-hetero) is 1. The van der Waals surface area contributed by atoms with Gasteiger partial charge in [-0.25, -0.2) is 0 Å². The van der Waals surface area contributed by atoms with Crippen LogP contribution in [0.15, 0.2) is 45.3 Å². The Bertz CT molecular complexity index is 852. The first-order chi connectivity index (χ1) is 12.9. The van der Waals surface area contributed by atoms with Crippen molar-refractivity contribution in [2.75, 3.05) is 13.2 Å². The predicted molar refractivity (Wildman–Crippen MR) is 109 cm³/mol. The van der Waals surface area contributed by atoms with E-state index in [-0.39, 0.29) is 30.6 Å². The molecule has 1 heterocycles. The van der Waals surface area contributed by atoms with Crippen molar-refractivity contribution >= 4 is 43.6 Å². The second kappa shape index (κ2) is 8.89. The minimum Gasteiger partial charge on any atom is -0.486 e. The summed E-state index contributed by atoms with van der Waals surface area (Å²) in [6.45, 7) is 2.93. The topological polar surface area (TPSA) is 64.6 Å². The first kappa shape index (κ1) is 19.9. The lowest BCUT2D eigenvalue weighted by Gasteiger charge is -2.22. The average molecular weight is 497 g/mol. The SMILES string of the molecule is CC(NC(=O)CCC(=O)c1ccc(Br)cc1)c1cc2c(cc1Br)OCCO2. The summed E-state index contributed by atoms with van der Waals surface area (Å²) in [7, 11) is 0. The molecule has 7 heteroatoms. The van der Waals surface area contributed by atoms with Gasteiger partial charge in [-0.3, -0.25) is 9.59 Å². The van der Waals surface area contributed by atoms with Gasteiger partial charge in [0.2, 0.25) is 5.91 Å². The van der Waals surface area contributed by atoms with Crippen molar-refractivity contribution in [3.05, 3.63) is 56.5 Å². The molecule has 1 aliphatic rings. The van der Waals surface area contributed by atoms with Crippen molar-refractivity contribution in [1.82, 2.24) is 5.32 Å². The highest BCUT2D eigenvalue weighted by molar-refractivity contribution is 9.10. The number of ether oxygens (including phenoxy) is 2. The van der Waals surface area contributed by atoms with E-state index in [1.54, 1.807) is 12.1 Å². The Morgan fingerprint density at radius 2 is 1.67 bits per heavy atom. The van der Waals surface area contributed by atoms with Crippen LogP contribution in [0.4, 0.5) is 0 Å². The third-order valence-electron chi connectivity index (χ3n) is 4.25. The van der Waals surface area contributed by atoms with Crippen LogP contribution in [0.1, 0.15) is 41.7 Å². The summed E-state index contributed by atoms with van der Waals surface area (Å²) in [4.78, 5) is 24.5. The van der Waals surface area contributed by atoms with E-state index in [9.17, 15) is 9.59 Å². The van der Waals surface area contributed by atoms with Gasteiger partial charge in [0.25, 0.3) is 0 Å². The van der Waals surface area contributed by atoms with Crippen LogP contribution in [0.25, 0.3) is 0 Å². The van der Waals surface area contributed by atoms with Crippen molar-refractivity contribution < 1.29 is 19.1 Å².